The van der Waals surface area contributed by atoms with Gasteiger partial charge in [-0.3, -0.25) is 5.32 Å². The summed E-state index contributed by atoms with van der Waals surface area (Å²) in [5.74, 6) is 4.56. The van der Waals surface area contributed by atoms with Crippen molar-refractivity contribution in [3.8, 4) is 12.3 Å². The van der Waals surface area contributed by atoms with Gasteiger partial charge >= 0.3 is 0 Å². The molecule has 1 aromatic rings. The molecule has 1 aromatic heterocycles. The quantitative estimate of drug-likeness (QED) is 0.740. The van der Waals surface area contributed by atoms with Gasteiger partial charge in [0.25, 0.3) is 0 Å². The second-order valence-corrected chi connectivity index (χ2v) is 3.42. The lowest BCUT2D eigenvalue weighted by Gasteiger charge is -2.10. The van der Waals surface area contributed by atoms with Crippen LogP contribution in [0.3, 0.4) is 0 Å². The van der Waals surface area contributed by atoms with E-state index in [2.05, 4.69) is 18.2 Å². The van der Waals surface area contributed by atoms with Crippen LogP contribution in [-0.4, -0.2) is 6.54 Å². The number of aryl methyl sites for hydroxylation is 2. The monoisotopic (exact) mass is 191 g/mol. The van der Waals surface area contributed by atoms with Gasteiger partial charge in [0.2, 0.25) is 0 Å². The van der Waals surface area contributed by atoms with Gasteiger partial charge in [0.05, 0.1) is 6.04 Å². The minimum absolute atomic E-state index is 0.0209. The van der Waals surface area contributed by atoms with Gasteiger partial charge in [-0.1, -0.05) is 12.8 Å². The first-order chi connectivity index (χ1) is 6.69. The van der Waals surface area contributed by atoms with Gasteiger partial charge in [-0.05, 0) is 32.9 Å². The van der Waals surface area contributed by atoms with E-state index >= 15 is 0 Å². The highest BCUT2D eigenvalue weighted by atomic mass is 16.3. The Bertz CT molecular complexity index is 333. The molecule has 76 valence electrons. The highest BCUT2D eigenvalue weighted by molar-refractivity contribution is 5.29. The summed E-state index contributed by atoms with van der Waals surface area (Å²) in [6.07, 6.45) is 6.55. The zero-order valence-corrected chi connectivity index (χ0v) is 9.05. The zero-order chi connectivity index (χ0) is 10.6. The summed E-state index contributed by atoms with van der Waals surface area (Å²) in [5.41, 5.74) is 1.08. The van der Waals surface area contributed by atoms with Crippen LogP contribution >= 0.6 is 0 Å². The van der Waals surface area contributed by atoms with Crippen LogP contribution in [0.25, 0.3) is 0 Å². The molecule has 0 fully saturated rings. The molecule has 14 heavy (non-hydrogen) atoms. The van der Waals surface area contributed by atoms with E-state index in [0.29, 0.717) is 0 Å². The Morgan fingerprint density at radius 2 is 2.29 bits per heavy atom. The number of rotatable bonds is 4. The molecular weight excluding hydrogens is 174 g/mol. The molecule has 0 aromatic carbocycles. The first-order valence-corrected chi connectivity index (χ1v) is 4.95. The summed E-state index contributed by atoms with van der Waals surface area (Å²) < 4.78 is 5.44. The largest absolute Gasteiger partial charge is 0.466 e. The molecule has 1 rings (SSSR count). The lowest BCUT2D eigenvalue weighted by molar-refractivity contribution is 0.496. The molecule has 0 bridgehead atoms. The predicted molar refractivity (Wildman–Crippen MR) is 58.0 cm³/mol. The summed E-state index contributed by atoms with van der Waals surface area (Å²) in [7, 11) is 0. The molecule has 1 unspecified atom stereocenters. The van der Waals surface area contributed by atoms with Crippen molar-refractivity contribution in [1.82, 2.24) is 5.32 Å². The Hall–Kier alpha value is -1.20. The molecule has 0 radical (unpaired) electrons. The number of nitrogens with one attached hydrogen (secondary N) is 1. The number of hydrogen-bond acceptors (Lipinski definition) is 2. The van der Waals surface area contributed by atoms with Crippen molar-refractivity contribution in [2.24, 2.45) is 0 Å². The fraction of sp³-hybridized carbons (Fsp3) is 0.500. The SMILES string of the molecule is C#CC(NCCC)c1cc(C)oc1C. The molecule has 1 heterocycles. The van der Waals surface area contributed by atoms with Crippen molar-refractivity contribution in [1.29, 1.82) is 0 Å². The van der Waals surface area contributed by atoms with Crippen LogP contribution in [0.5, 0.6) is 0 Å². The molecular formula is C12H17NO. The fourth-order valence-electron chi connectivity index (χ4n) is 1.48. The van der Waals surface area contributed by atoms with Crippen LogP contribution in [0.1, 0.15) is 36.5 Å². The lowest BCUT2D eigenvalue weighted by Crippen LogP contribution is -2.20. The van der Waals surface area contributed by atoms with E-state index in [-0.39, 0.29) is 6.04 Å². The van der Waals surface area contributed by atoms with Crippen LogP contribution in [-0.2, 0) is 0 Å². The van der Waals surface area contributed by atoms with Crippen LogP contribution in [0, 0.1) is 26.2 Å². The smallest absolute Gasteiger partial charge is 0.106 e. The van der Waals surface area contributed by atoms with Crippen LogP contribution < -0.4 is 5.32 Å². The third-order valence-corrected chi connectivity index (χ3v) is 2.16. The molecule has 2 nitrogen and oxygen atoms in total. The molecule has 0 aliphatic rings. The molecule has 1 atom stereocenters. The topological polar surface area (TPSA) is 25.2 Å². The van der Waals surface area contributed by atoms with Gasteiger partial charge in [-0.25, -0.2) is 0 Å². The number of furan rings is 1. The first kappa shape index (κ1) is 10.9. The standard InChI is InChI=1S/C12H17NO/c1-5-7-13-12(6-2)11-8-9(3)14-10(11)4/h2,8,12-13H,5,7H2,1,3-4H3. The molecule has 0 saturated heterocycles. The highest BCUT2D eigenvalue weighted by Gasteiger charge is 2.13. The van der Waals surface area contributed by atoms with Crippen molar-refractivity contribution in [3.05, 3.63) is 23.2 Å². The van der Waals surface area contributed by atoms with Gasteiger partial charge in [-0.2, -0.15) is 0 Å². The molecule has 0 amide bonds. The van der Waals surface area contributed by atoms with Crippen LogP contribution in [0.15, 0.2) is 10.5 Å². The van der Waals surface area contributed by atoms with Crippen molar-refractivity contribution in [2.75, 3.05) is 6.54 Å². The second-order valence-electron chi connectivity index (χ2n) is 3.42. The maximum absolute atomic E-state index is 5.47. The maximum Gasteiger partial charge on any atom is 0.106 e. The third-order valence-electron chi connectivity index (χ3n) is 2.16. The minimum Gasteiger partial charge on any atom is -0.466 e. The molecule has 0 spiro atoms. The number of terminal acetylenes is 1. The Balaban J connectivity index is 2.79. The van der Waals surface area contributed by atoms with Gasteiger partial charge in [-0.15, -0.1) is 6.42 Å². The zero-order valence-electron chi connectivity index (χ0n) is 9.05. The maximum atomic E-state index is 5.47. The summed E-state index contributed by atoms with van der Waals surface area (Å²) in [4.78, 5) is 0. The number of hydrogen-bond donors (Lipinski definition) is 1. The van der Waals surface area contributed by atoms with E-state index in [0.717, 1.165) is 30.0 Å². The third kappa shape index (κ3) is 2.40. The van der Waals surface area contributed by atoms with Crippen LogP contribution in [0.2, 0.25) is 0 Å². The minimum atomic E-state index is -0.0209. The fourth-order valence-corrected chi connectivity index (χ4v) is 1.48. The molecule has 2 heteroatoms. The van der Waals surface area contributed by atoms with Crippen molar-refractivity contribution >= 4 is 0 Å². The van der Waals surface area contributed by atoms with E-state index < -0.39 is 0 Å². The lowest BCUT2D eigenvalue weighted by atomic mass is 10.1. The van der Waals surface area contributed by atoms with E-state index in [4.69, 9.17) is 10.8 Å². The van der Waals surface area contributed by atoms with E-state index in [1.54, 1.807) is 0 Å². The van der Waals surface area contributed by atoms with E-state index in [9.17, 15) is 0 Å². The summed E-state index contributed by atoms with van der Waals surface area (Å²) in [6, 6.07) is 1.98. The van der Waals surface area contributed by atoms with Gasteiger partial charge < -0.3 is 4.42 Å². The average molecular weight is 191 g/mol. The van der Waals surface area contributed by atoms with Crippen molar-refractivity contribution in [2.45, 2.75) is 33.2 Å². The normalized spacial score (nSPS) is 12.4. The summed E-state index contributed by atoms with van der Waals surface area (Å²) in [5, 5.41) is 3.29. The summed E-state index contributed by atoms with van der Waals surface area (Å²) in [6.45, 7) is 6.93. The first-order valence-electron chi connectivity index (χ1n) is 4.95. The second kappa shape index (κ2) is 4.88. The van der Waals surface area contributed by atoms with Crippen molar-refractivity contribution < 1.29 is 4.42 Å². The van der Waals surface area contributed by atoms with Gasteiger partial charge in [0, 0.05) is 5.56 Å². The summed E-state index contributed by atoms with van der Waals surface area (Å²) >= 11 is 0. The molecule has 0 saturated carbocycles. The molecule has 0 aliphatic heterocycles. The van der Waals surface area contributed by atoms with Gasteiger partial charge in [0.15, 0.2) is 0 Å². The van der Waals surface area contributed by atoms with E-state index in [1.807, 2.05) is 19.9 Å². The van der Waals surface area contributed by atoms with Gasteiger partial charge in [0.1, 0.15) is 11.5 Å². The predicted octanol–water partition coefficient (Wildman–Crippen LogP) is 2.57. The molecule has 0 aliphatic carbocycles. The van der Waals surface area contributed by atoms with Crippen molar-refractivity contribution in [3.63, 3.8) is 0 Å². The Kier molecular flexibility index (Phi) is 3.79. The Labute approximate surface area is 85.7 Å². The van der Waals surface area contributed by atoms with E-state index in [1.165, 1.54) is 0 Å². The molecule has 1 N–H and O–H groups in total. The Morgan fingerprint density at radius 3 is 2.71 bits per heavy atom. The average Bonchev–Trinajstić information content (AvgIpc) is 2.47. The van der Waals surface area contributed by atoms with Crippen LogP contribution in [0.4, 0.5) is 0 Å². The highest BCUT2D eigenvalue weighted by Crippen LogP contribution is 2.20. The Morgan fingerprint density at radius 1 is 1.57 bits per heavy atom.